The zero-order valence-corrected chi connectivity index (χ0v) is 8.80. The molecule has 1 aliphatic rings. The number of hydrogen-bond donors (Lipinski definition) is 0. The van der Waals surface area contributed by atoms with Gasteiger partial charge in [-0.15, -0.1) is 0 Å². The van der Waals surface area contributed by atoms with E-state index in [0.717, 1.165) is 16.7 Å². The first-order chi connectivity index (χ1) is 6.57. The average molecular weight is 217 g/mol. The molecule has 78 valence electrons. The molecule has 0 bridgehead atoms. The molecule has 1 atom stereocenters. The molecule has 1 fully saturated rings. The summed E-state index contributed by atoms with van der Waals surface area (Å²) in [7, 11) is 0. The summed E-state index contributed by atoms with van der Waals surface area (Å²) in [4.78, 5) is 34.6. The Morgan fingerprint density at radius 2 is 2.29 bits per heavy atom. The standard InChI is InChI=1S/C8H11NO4S/c1-3-13-7(11)5(2)9-6(10)4-14-8(9)12/h5H,3-4H2,1-2H3/t5-/m0/s1. The molecule has 5 nitrogen and oxygen atoms in total. The number of ether oxygens (including phenoxy) is 1. The van der Waals surface area contributed by atoms with Crippen LogP contribution in [-0.2, 0) is 14.3 Å². The lowest BCUT2D eigenvalue weighted by molar-refractivity contribution is -0.150. The van der Waals surface area contributed by atoms with Crippen molar-refractivity contribution in [2.45, 2.75) is 19.9 Å². The molecule has 0 radical (unpaired) electrons. The average Bonchev–Trinajstić information content (AvgIpc) is 2.46. The molecule has 0 aromatic rings. The van der Waals surface area contributed by atoms with Gasteiger partial charge in [-0.1, -0.05) is 11.8 Å². The summed E-state index contributed by atoms with van der Waals surface area (Å²) < 4.78 is 4.72. The summed E-state index contributed by atoms with van der Waals surface area (Å²) in [5, 5.41) is -0.379. The minimum Gasteiger partial charge on any atom is -0.464 e. The van der Waals surface area contributed by atoms with E-state index in [1.807, 2.05) is 0 Å². The summed E-state index contributed by atoms with van der Waals surface area (Å²) in [6, 6.07) is -0.815. The Balaban J connectivity index is 2.67. The first-order valence-corrected chi connectivity index (χ1v) is 5.22. The van der Waals surface area contributed by atoms with Crippen molar-refractivity contribution >= 4 is 28.9 Å². The van der Waals surface area contributed by atoms with Gasteiger partial charge in [0.25, 0.3) is 5.24 Å². The quantitative estimate of drug-likeness (QED) is 0.649. The number of rotatable bonds is 3. The number of esters is 1. The van der Waals surface area contributed by atoms with Gasteiger partial charge < -0.3 is 4.74 Å². The van der Waals surface area contributed by atoms with Gasteiger partial charge in [-0.3, -0.25) is 14.5 Å². The van der Waals surface area contributed by atoms with Gasteiger partial charge in [0.2, 0.25) is 5.91 Å². The third-order valence-electron chi connectivity index (χ3n) is 1.80. The lowest BCUT2D eigenvalue weighted by atomic mass is 10.3. The van der Waals surface area contributed by atoms with Crippen LogP contribution < -0.4 is 0 Å². The van der Waals surface area contributed by atoms with E-state index in [1.54, 1.807) is 6.92 Å². The van der Waals surface area contributed by atoms with Crippen LogP contribution in [0.15, 0.2) is 0 Å². The molecule has 0 aliphatic carbocycles. The molecule has 1 heterocycles. The highest BCUT2D eigenvalue weighted by molar-refractivity contribution is 8.14. The highest BCUT2D eigenvalue weighted by atomic mass is 32.2. The molecule has 1 rings (SSSR count). The third kappa shape index (κ3) is 2.06. The van der Waals surface area contributed by atoms with Gasteiger partial charge in [-0.2, -0.15) is 0 Å². The molecular formula is C8H11NO4S. The Hall–Kier alpha value is -1.04. The van der Waals surface area contributed by atoms with E-state index < -0.39 is 12.0 Å². The molecule has 2 amide bonds. The molecule has 0 unspecified atom stereocenters. The van der Waals surface area contributed by atoms with Crippen LogP contribution >= 0.6 is 11.8 Å². The second-order valence-electron chi connectivity index (χ2n) is 2.75. The van der Waals surface area contributed by atoms with E-state index in [-0.39, 0.29) is 23.5 Å². The van der Waals surface area contributed by atoms with Gasteiger partial charge in [-0.25, -0.2) is 4.79 Å². The first-order valence-electron chi connectivity index (χ1n) is 4.23. The van der Waals surface area contributed by atoms with Crippen molar-refractivity contribution in [2.75, 3.05) is 12.4 Å². The molecule has 1 saturated heterocycles. The number of thioether (sulfide) groups is 1. The lowest BCUT2D eigenvalue weighted by Gasteiger charge is -2.19. The van der Waals surface area contributed by atoms with Gasteiger partial charge in [-0.05, 0) is 13.8 Å². The summed E-state index contributed by atoms with van der Waals surface area (Å²) in [5.41, 5.74) is 0. The number of carbonyl (C=O) groups excluding carboxylic acids is 3. The van der Waals surface area contributed by atoms with Crippen molar-refractivity contribution in [1.29, 1.82) is 0 Å². The van der Waals surface area contributed by atoms with E-state index in [0.29, 0.717) is 0 Å². The Bertz CT molecular complexity index is 263. The van der Waals surface area contributed by atoms with Gasteiger partial charge >= 0.3 is 5.97 Å². The smallest absolute Gasteiger partial charge is 0.329 e. The molecular weight excluding hydrogens is 206 g/mol. The van der Waals surface area contributed by atoms with Gasteiger partial charge in [0.1, 0.15) is 6.04 Å². The van der Waals surface area contributed by atoms with Gasteiger partial charge in [0.15, 0.2) is 0 Å². The van der Waals surface area contributed by atoms with Crippen molar-refractivity contribution in [1.82, 2.24) is 4.90 Å². The summed E-state index contributed by atoms with van der Waals surface area (Å²) in [6.45, 7) is 3.40. The molecule has 1 aliphatic heterocycles. The molecule has 14 heavy (non-hydrogen) atoms. The van der Waals surface area contributed by atoms with Crippen LogP contribution in [0.25, 0.3) is 0 Å². The molecule has 0 saturated carbocycles. The Labute approximate surface area is 85.8 Å². The minimum absolute atomic E-state index is 0.114. The number of hydrogen-bond acceptors (Lipinski definition) is 5. The largest absolute Gasteiger partial charge is 0.464 e. The summed E-state index contributed by atoms with van der Waals surface area (Å²) in [5.74, 6) is -0.764. The van der Waals surface area contributed by atoms with Crippen LogP contribution in [-0.4, -0.2) is 40.4 Å². The van der Waals surface area contributed by atoms with E-state index in [4.69, 9.17) is 4.74 Å². The van der Waals surface area contributed by atoms with E-state index in [2.05, 4.69) is 0 Å². The number of imide groups is 1. The Morgan fingerprint density at radius 1 is 1.64 bits per heavy atom. The van der Waals surface area contributed by atoms with E-state index >= 15 is 0 Å². The van der Waals surface area contributed by atoms with Crippen LogP contribution in [0.3, 0.4) is 0 Å². The fourth-order valence-corrected chi connectivity index (χ4v) is 1.89. The van der Waals surface area contributed by atoms with Crippen molar-refractivity contribution in [3.63, 3.8) is 0 Å². The molecule has 6 heteroatoms. The fraction of sp³-hybridized carbons (Fsp3) is 0.625. The second kappa shape index (κ2) is 4.45. The van der Waals surface area contributed by atoms with Crippen molar-refractivity contribution in [2.24, 2.45) is 0 Å². The van der Waals surface area contributed by atoms with Crippen LogP contribution in [0.1, 0.15) is 13.8 Å². The Kier molecular flexibility index (Phi) is 3.51. The topological polar surface area (TPSA) is 63.7 Å². The SMILES string of the molecule is CCOC(=O)[C@H](C)N1C(=O)CSC1=O. The maximum atomic E-state index is 11.2. The molecule has 0 N–H and O–H groups in total. The van der Waals surface area contributed by atoms with Crippen molar-refractivity contribution in [3.8, 4) is 0 Å². The van der Waals surface area contributed by atoms with Gasteiger partial charge in [0.05, 0.1) is 12.4 Å². The molecule has 0 aromatic heterocycles. The first kappa shape index (κ1) is 11.0. The van der Waals surface area contributed by atoms with Crippen molar-refractivity contribution in [3.05, 3.63) is 0 Å². The monoisotopic (exact) mass is 217 g/mol. The highest BCUT2D eigenvalue weighted by Gasteiger charge is 2.37. The second-order valence-corrected chi connectivity index (χ2v) is 3.67. The third-order valence-corrected chi connectivity index (χ3v) is 2.63. The van der Waals surface area contributed by atoms with Gasteiger partial charge in [0, 0.05) is 0 Å². The highest BCUT2D eigenvalue weighted by Crippen LogP contribution is 2.21. The predicted molar refractivity (Wildman–Crippen MR) is 50.8 cm³/mol. The summed E-state index contributed by atoms with van der Waals surface area (Å²) >= 11 is 0.907. The predicted octanol–water partition coefficient (Wildman–Crippen LogP) is 0.633. The van der Waals surface area contributed by atoms with E-state index in [1.165, 1.54) is 6.92 Å². The normalized spacial score (nSPS) is 18.6. The fourth-order valence-electron chi connectivity index (χ4n) is 1.11. The molecule has 0 aromatic carbocycles. The van der Waals surface area contributed by atoms with Crippen LogP contribution in [0.2, 0.25) is 0 Å². The number of nitrogens with zero attached hydrogens (tertiary/aromatic N) is 1. The van der Waals surface area contributed by atoms with Crippen LogP contribution in [0.5, 0.6) is 0 Å². The van der Waals surface area contributed by atoms with E-state index in [9.17, 15) is 14.4 Å². The Morgan fingerprint density at radius 3 is 2.71 bits per heavy atom. The lowest BCUT2D eigenvalue weighted by Crippen LogP contribution is -2.43. The number of carbonyl (C=O) groups is 3. The summed E-state index contributed by atoms with van der Waals surface area (Å²) in [6.07, 6.45) is 0. The van der Waals surface area contributed by atoms with Crippen LogP contribution in [0.4, 0.5) is 4.79 Å². The minimum atomic E-state index is -0.815. The number of amides is 2. The zero-order valence-electron chi connectivity index (χ0n) is 7.98. The molecule has 0 spiro atoms. The van der Waals surface area contributed by atoms with Crippen molar-refractivity contribution < 1.29 is 19.1 Å². The maximum Gasteiger partial charge on any atom is 0.329 e. The zero-order chi connectivity index (χ0) is 10.7. The van der Waals surface area contributed by atoms with Crippen LogP contribution in [0, 0.1) is 0 Å². The maximum absolute atomic E-state index is 11.2.